The highest BCUT2D eigenvalue weighted by Gasteiger charge is 2.25. The molecule has 0 radical (unpaired) electrons. The summed E-state index contributed by atoms with van der Waals surface area (Å²) in [5.41, 5.74) is 1.55. The van der Waals surface area contributed by atoms with Crippen molar-refractivity contribution in [1.29, 1.82) is 0 Å². The van der Waals surface area contributed by atoms with Crippen molar-refractivity contribution in [3.63, 3.8) is 0 Å². The van der Waals surface area contributed by atoms with Gasteiger partial charge in [0.05, 0.1) is 27.8 Å². The van der Waals surface area contributed by atoms with Crippen molar-refractivity contribution in [2.75, 3.05) is 38.0 Å². The lowest BCUT2D eigenvalue weighted by Crippen LogP contribution is -2.50. The quantitative estimate of drug-likeness (QED) is 0.689. The number of nitrogens with zero attached hydrogens (tertiary/aromatic N) is 4. The molecule has 1 aromatic carbocycles. The maximum absolute atomic E-state index is 12.9. The highest BCUT2D eigenvalue weighted by molar-refractivity contribution is 7.20. The van der Waals surface area contributed by atoms with E-state index in [0.717, 1.165) is 20.8 Å². The third kappa shape index (κ3) is 4.14. The first kappa shape index (κ1) is 19.9. The number of amides is 2. The molecule has 0 unspecified atom stereocenters. The molecule has 7 nitrogen and oxygen atoms in total. The second-order valence-corrected chi connectivity index (χ2v) is 8.57. The van der Waals surface area contributed by atoms with E-state index >= 15 is 0 Å². The van der Waals surface area contributed by atoms with E-state index in [1.165, 1.54) is 11.3 Å². The van der Waals surface area contributed by atoms with Gasteiger partial charge in [0.25, 0.3) is 5.91 Å². The zero-order chi connectivity index (χ0) is 20.5. The number of aryl methyl sites for hydroxylation is 2. The molecule has 1 saturated heterocycles. The largest absolute Gasteiger partial charge is 0.335 e. The van der Waals surface area contributed by atoms with Crippen molar-refractivity contribution in [3.05, 3.63) is 45.9 Å². The summed E-state index contributed by atoms with van der Waals surface area (Å²) >= 11 is 7.57. The molecule has 0 saturated carbocycles. The summed E-state index contributed by atoms with van der Waals surface area (Å²) in [6.07, 6.45) is 0. The van der Waals surface area contributed by atoms with Gasteiger partial charge in [0.15, 0.2) is 0 Å². The molecule has 0 spiro atoms. The number of para-hydroxylation sites is 1. The first-order valence-corrected chi connectivity index (χ1v) is 10.6. The van der Waals surface area contributed by atoms with Gasteiger partial charge in [0, 0.05) is 38.6 Å². The fourth-order valence-corrected chi connectivity index (χ4v) is 4.80. The summed E-state index contributed by atoms with van der Waals surface area (Å²) in [5.74, 6) is -0.0591. The molecular formula is C20H22ClN5O2S. The van der Waals surface area contributed by atoms with Crippen LogP contribution in [0, 0.1) is 6.92 Å². The van der Waals surface area contributed by atoms with E-state index in [9.17, 15) is 9.59 Å². The molecular weight excluding hydrogens is 410 g/mol. The summed E-state index contributed by atoms with van der Waals surface area (Å²) in [6.45, 7) is 4.75. The van der Waals surface area contributed by atoms with Gasteiger partial charge in [0.1, 0.15) is 4.83 Å². The molecule has 9 heteroatoms. The molecule has 3 aromatic rings. The Labute approximate surface area is 177 Å². The average molecular weight is 432 g/mol. The Bertz CT molecular complexity index is 1030. The minimum Gasteiger partial charge on any atom is -0.335 e. The molecule has 2 aromatic heterocycles. The predicted molar refractivity (Wildman–Crippen MR) is 116 cm³/mol. The SMILES string of the molecule is Cc1nn(C)c2sc(C(=O)N3CCN(CC(=O)Nc4ccccc4Cl)CC3)cc12. The normalized spacial score (nSPS) is 15.1. The number of anilines is 1. The van der Waals surface area contributed by atoms with Gasteiger partial charge in [-0.3, -0.25) is 19.2 Å². The molecule has 2 amide bonds. The molecule has 3 heterocycles. The molecule has 4 rings (SSSR count). The van der Waals surface area contributed by atoms with Crippen LogP contribution in [0.4, 0.5) is 5.69 Å². The van der Waals surface area contributed by atoms with Gasteiger partial charge in [-0.05, 0) is 25.1 Å². The van der Waals surface area contributed by atoms with Crippen LogP contribution in [-0.2, 0) is 11.8 Å². The van der Waals surface area contributed by atoms with E-state index in [1.54, 1.807) is 12.1 Å². The average Bonchev–Trinajstić information content (AvgIpc) is 3.25. The Hall–Kier alpha value is -2.42. The molecule has 152 valence electrons. The van der Waals surface area contributed by atoms with Gasteiger partial charge >= 0.3 is 0 Å². The highest BCUT2D eigenvalue weighted by Crippen LogP contribution is 2.28. The van der Waals surface area contributed by atoms with Gasteiger partial charge in [-0.1, -0.05) is 23.7 Å². The lowest BCUT2D eigenvalue weighted by atomic mass is 10.2. The summed E-state index contributed by atoms with van der Waals surface area (Å²) < 4.78 is 1.82. The van der Waals surface area contributed by atoms with Crippen molar-refractivity contribution < 1.29 is 9.59 Å². The standard InChI is InChI=1S/C20H22ClN5O2S/c1-13-14-11-17(29-20(14)24(2)23-13)19(28)26-9-7-25(8-10-26)12-18(27)22-16-6-4-3-5-15(16)21/h3-6,11H,7-10,12H2,1-2H3,(H,22,27). The van der Waals surface area contributed by atoms with Crippen LogP contribution in [0.5, 0.6) is 0 Å². The Morgan fingerprint density at radius 1 is 1.21 bits per heavy atom. The van der Waals surface area contributed by atoms with Crippen LogP contribution in [0.15, 0.2) is 30.3 Å². The maximum atomic E-state index is 12.9. The molecule has 0 aliphatic carbocycles. The second kappa shape index (κ2) is 8.14. The fraction of sp³-hybridized carbons (Fsp3) is 0.350. The topological polar surface area (TPSA) is 70.5 Å². The minimum absolute atomic E-state index is 0.0470. The van der Waals surface area contributed by atoms with Crippen molar-refractivity contribution in [2.24, 2.45) is 7.05 Å². The number of aromatic nitrogens is 2. The number of hydrogen-bond donors (Lipinski definition) is 1. The smallest absolute Gasteiger partial charge is 0.264 e. The number of hydrogen-bond acceptors (Lipinski definition) is 5. The number of benzene rings is 1. The van der Waals surface area contributed by atoms with Crippen LogP contribution >= 0.6 is 22.9 Å². The molecule has 1 aliphatic heterocycles. The number of piperazine rings is 1. The molecule has 1 fully saturated rings. The summed E-state index contributed by atoms with van der Waals surface area (Å²) in [6, 6.07) is 9.11. The van der Waals surface area contributed by atoms with Crippen molar-refractivity contribution in [2.45, 2.75) is 6.92 Å². The van der Waals surface area contributed by atoms with Gasteiger partial charge in [-0.25, -0.2) is 0 Å². The first-order valence-electron chi connectivity index (χ1n) is 9.41. The number of carbonyl (C=O) groups excluding carboxylic acids is 2. The monoisotopic (exact) mass is 431 g/mol. The molecule has 0 bridgehead atoms. The van der Waals surface area contributed by atoms with E-state index in [4.69, 9.17) is 11.6 Å². The summed E-state index contributed by atoms with van der Waals surface area (Å²) in [4.78, 5) is 30.9. The lowest BCUT2D eigenvalue weighted by Gasteiger charge is -2.34. The maximum Gasteiger partial charge on any atom is 0.264 e. The van der Waals surface area contributed by atoms with Crippen molar-refractivity contribution in [3.8, 4) is 0 Å². The number of fused-ring (bicyclic) bond motifs is 1. The summed E-state index contributed by atoms with van der Waals surface area (Å²) in [7, 11) is 1.90. The zero-order valence-electron chi connectivity index (χ0n) is 16.3. The van der Waals surface area contributed by atoms with E-state index < -0.39 is 0 Å². The third-order valence-electron chi connectivity index (χ3n) is 5.08. The van der Waals surface area contributed by atoms with Crippen molar-refractivity contribution in [1.82, 2.24) is 19.6 Å². The van der Waals surface area contributed by atoms with E-state index in [0.29, 0.717) is 36.9 Å². The van der Waals surface area contributed by atoms with E-state index in [-0.39, 0.29) is 18.4 Å². The number of halogens is 1. The highest BCUT2D eigenvalue weighted by atomic mass is 35.5. The molecule has 0 atom stereocenters. The molecule has 29 heavy (non-hydrogen) atoms. The number of nitrogens with one attached hydrogen (secondary N) is 1. The van der Waals surface area contributed by atoms with Gasteiger partial charge in [-0.2, -0.15) is 5.10 Å². The first-order chi connectivity index (χ1) is 13.9. The Kier molecular flexibility index (Phi) is 5.58. The molecule has 1 N–H and O–H groups in total. The van der Waals surface area contributed by atoms with Crippen LogP contribution in [0.25, 0.3) is 10.2 Å². The van der Waals surface area contributed by atoms with Crippen molar-refractivity contribution >= 4 is 50.7 Å². The van der Waals surface area contributed by atoms with Crippen LogP contribution < -0.4 is 5.32 Å². The van der Waals surface area contributed by atoms with Crippen LogP contribution in [0.3, 0.4) is 0 Å². The predicted octanol–water partition coefficient (Wildman–Crippen LogP) is 2.99. The Morgan fingerprint density at radius 2 is 1.93 bits per heavy atom. The lowest BCUT2D eigenvalue weighted by molar-refractivity contribution is -0.117. The Morgan fingerprint density at radius 3 is 2.62 bits per heavy atom. The van der Waals surface area contributed by atoms with Crippen LogP contribution in [-0.4, -0.2) is 64.1 Å². The summed E-state index contributed by atoms with van der Waals surface area (Å²) in [5, 5.41) is 8.78. The zero-order valence-corrected chi connectivity index (χ0v) is 17.9. The third-order valence-corrected chi connectivity index (χ3v) is 6.60. The number of thiophene rings is 1. The van der Waals surface area contributed by atoms with Crippen LogP contribution in [0.1, 0.15) is 15.4 Å². The van der Waals surface area contributed by atoms with E-state index in [1.807, 2.05) is 41.8 Å². The van der Waals surface area contributed by atoms with Gasteiger partial charge in [-0.15, -0.1) is 11.3 Å². The Balaban J connectivity index is 1.32. The minimum atomic E-state index is -0.106. The van der Waals surface area contributed by atoms with Gasteiger partial charge in [0.2, 0.25) is 5.91 Å². The fourth-order valence-electron chi connectivity index (χ4n) is 3.53. The molecule has 1 aliphatic rings. The van der Waals surface area contributed by atoms with Crippen LogP contribution in [0.2, 0.25) is 5.02 Å². The van der Waals surface area contributed by atoms with E-state index in [2.05, 4.69) is 15.3 Å². The second-order valence-electron chi connectivity index (χ2n) is 7.13. The number of carbonyl (C=O) groups is 2. The van der Waals surface area contributed by atoms with Gasteiger partial charge < -0.3 is 10.2 Å². The number of rotatable bonds is 4.